The Kier molecular flexibility index (Phi) is 6.27. The van der Waals surface area contributed by atoms with Gasteiger partial charge in [-0.15, -0.1) is 0 Å². The Hall–Kier alpha value is -1.25. The van der Waals surface area contributed by atoms with Gasteiger partial charge in [-0.05, 0) is 80.3 Å². The molecular weight excluding hydrogens is 490 g/mol. The molecular formula is C24H38BrNO5Si. The number of hydrogen-bond donors (Lipinski definition) is 0. The molecule has 3 rings (SSSR count). The van der Waals surface area contributed by atoms with Crippen LogP contribution in [-0.2, 0) is 9.16 Å². The molecule has 2 aliphatic rings. The Morgan fingerprint density at radius 1 is 1.16 bits per heavy atom. The van der Waals surface area contributed by atoms with Gasteiger partial charge < -0.3 is 18.6 Å². The Labute approximate surface area is 202 Å². The van der Waals surface area contributed by atoms with Crippen molar-refractivity contribution in [3.8, 4) is 11.5 Å². The summed E-state index contributed by atoms with van der Waals surface area (Å²) in [5, 5.41) is 0.0370. The highest BCUT2D eigenvalue weighted by Gasteiger charge is 2.54. The van der Waals surface area contributed by atoms with Crippen LogP contribution >= 0.6 is 15.9 Å². The van der Waals surface area contributed by atoms with Crippen molar-refractivity contribution in [3.63, 3.8) is 0 Å². The third kappa shape index (κ3) is 4.30. The number of amides is 1. The SMILES string of the molecule is CC1c2cc(Br)c3c(c2N(C(=O)OC(C)(C)C)C(C)(C)C1O[Si](C)(C)C(C)(C)C)OCO3. The summed E-state index contributed by atoms with van der Waals surface area (Å²) in [6.07, 6.45) is -0.643. The van der Waals surface area contributed by atoms with Crippen molar-refractivity contribution in [3.05, 3.63) is 16.1 Å². The van der Waals surface area contributed by atoms with E-state index in [0.717, 1.165) is 10.0 Å². The first kappa shape index (κ1) is 25.4. The topological polar surface area (TPSA) is 57.2 Å². The molecule has 1 amide bonds. The van der Waals surface area contributed by atoms with E-state index in [1.54, 1.807) is 4.90 Å². The molecule has 6 nitrogen and oxygen atoms in total. The second kappa shape index (κ2) is 7.91. The van der Waals surface area contributed by atoms with E-state index in [4.69, 9.17) is 18.6 Å². The lowest BCUT2D eigenvalue weighted by Gasteiger charge is -2.54. The monoisotopic (exact) mass is 527 g/mol. The zero-order chi connectivity index (χ0) is 24.4. The molecule has 2 heterocycles. The van der Waals surface area contributed by atoms with E-state index >= 15 is 0 Å². The van der Waals surface area contributed by atoms with E-state index < -0.39 is 25.6 Å². The van der Waals surface area contributed by atoms with Crippen LogP contribution in [0.15, 0.2) is 10.5 Å². The summed E-state index contributed by atoms with van der Waals surface area (Å²) in [5.74, 6) is 1.22. The van der Waals surface area contributed by atoms with Crippen LogP contribution in [-0.4, -0.2) is 38.4 Å². The van der Waals surface area contributed by atoms with Gasteiger partial charge in [-0.3, -0.25) is 4.90 Å². The normalized spacial score (nSPS) is 22.6. The van der Waals surface area contributed by atoms with Crippen LogP contribution in [0.2, 0.25) is 18.1 Å². The average Bonchev–Trinajstić information content (AvgIpc) is 3.07. The minimum absolute atomic E-state index is 0.0265. The van der Waals surface area contributed by atoms with Crippen molar-refractivity contribution in [2.24, 2.45) is 0 Å². The van der Waals surface area contributed by atoms with Crippen LogP contribution in [0, 0.1) is 0 Å². The van der Waals surface area contributed by atoms with Gasteiger partial charge in [0.25, 0.3) is 0 Å². The van der Waals surface area contributed by atoms with Crippen molar-refractivity contribution in [2.75, 3.05) is 11.7 Å². The molecule has 2 atom stereocenters. The minimum atomic E-state index is -2.14. The number of fused-ring (bicyclic) bond motifs is 3. The summed E-state index contributed by atoms with van der Waals surface area (Å²) < 4.78 is 25.3. The van der Waals surface area contributed by atoms with E-state index in [9.17, 15) is 4.79 Å². The maximum absolute atomic E-state index is 13.6. The van der Waals surface area contributed by atoms with E-state index in [1.807, 2.05) is 26.8 Å². The van der Waals surface area contributed by atoms with Crippen molar-refractivity contribution in [2.45, 2.75) is 104 Å². The van der Waals surface area contributed by atoms with Crippen LogP contribution in [0.3, 0.4) is 0 Å². The quantitative estimate of drug-likeness (QED) is 0.380. The van der Waals surface area contributed by atoms with Crippen LogP contribution in [0.1, 0.15) is 73.8 Å². The van der Waals surface area contributed by atoms with E-state index in [0.29, 0.717) is 17.2 Å². The predicted octanol–water partition coefficient (Wildman–Crippen LogP) is 7.21. The maximum Gasteiger partial charge on any atom is 0.415 e. The standard InChI is InChI=1S/C24H38BrNO5Si/c1-14-15-12-16(25)18-19(29-13-28-18)17(15)26(21(27)30-22(2,3)4)24(8,9)20(14)31-32(10,11)23(5,6)7/h12,14,20H,13H2,1-11H3. The smallest absolute Gasteiger partial charge is 0.415 e. The third-order valence-electron chi connectivity index (χ3n) is 6.85. The molecule has 0 aliphatic carbocycles. The minimum Gasteiger partial charge on any atom is -0.452 e. The van der Waals surface area contributed by atoms with Crippen molar-refractivity contribution < 1.29 is 23.4 Å². The molecule has 32 heavy (non-hydrogen) atoms. The maximum atomic E-state index is 13.6. The summed E-state index contributed by atoms with van der Waals surface area (Å²) in [5.41, 5.74) is 0.373. The lowest BCUT2D eigenvalue weighted by Crippen LogP contribution is -2.64. The number of carbonyl (C=O) groups is 1. The van der Waals surface area contributed by atoms with E-state index in [-0.39, 0.29) is 23.9 Å². The highest BCUT2D eigenvalue weighted by Crippen LogP contribution is 2.57. The summed E-state index contributed by atoms with van der Waals surface area (Å²) >= 11 is 3.63. The summed E-state index contributed by atoms with van der Waals surface area (Å²) in [7, 11) is -2.14. The first-order valence-electron chi connectivity index (χ1n) is 11.2. The summed E-state index contributed by atoms with van der Waals surface area (Å²) in [6.45, 7) is 23.2. The van der Waals surface area contributed by atoms with Gasteiger partial charge in [0, 0.05) is 5.92 Å². The molecule has 0 spiro atoms. The number of anilines is 1. The van der Waals surface area contributed by atoms with Crippen molar-refractivity contribution in [1.29, 1.82) is 0 Å². The van der Waals surface area contributed by atoms with Gasteiger partial charge in [0.2, 0.25) is 6.79 Å². The van der Waals surface area contributed by atoms with Gasteiger partial charge in [-0.25, -0.2) is 4.79 Å². The molecule has 0 bridgehead atoms. The molecule has 0 N–H and O–H groups in total. The molecule has 0 radical (unpaired) electrons. The molecule has 2 unspecified atom stereocenters. The lowest BCUT2D eigenvalue weighted by molar-refractivity contribution is 0.0368. The molecule has 0 saturated carbocycles. The fourth-order valence-electron chi connectivity index (χ4n) is 4.18. The number of carbonyl (C=O) groups excluding carboxylic acids is 1. The Balaban J connectivity index is 2.22. The van der Waals surface area contributed by atoms with Crippen molar-refractivity contribution >= 4 is 36.0 Å². The van der Waals surface area contributed by atoms with Gasteiger partial charge in [0.05, 0.1) is 21.8 Å². The number of nitrogens with zero attached hydrogens (tertiary/aromatic N) is 1. The molecule has 0 aromatic heterocycles. The van der Waals surface area contributed by atoms with Crippen LogP contribution in [0.25, 0.3) is 0 Å². The number of halogens is 1. The van der Waals surface area contributed by atoms with Gasteiger partial charge in [-0.1, -0.05) is 27.7 Å². The summed E-state index contributed by atoms with van der Waals surface area (Å²) in [6, 6.07) is 2.03. The highest BCUT2D eigenvalue weighted by molar-refractivity contribution is 9.10. The van der Waals surface area contributed by atoms with Crippen molar-refractivity contribution in [1.82, 2.24) is 0 Å². The number of benzene rings is 1. The molecule has 0 fully saturated rings. The Bertz CT molecular complexity index is 916. The lowest BCUT2D eigenvalue weighted by atomic mass is 9.77. The largest absolute Gasteiger partial charge is 0.452 e. The molecule has 1 aromatic carbocycles. The molecule has 2 aliphatic heterocycles. The van der Waals surface area contributed by atoms with Gasteiger partial charge in [0.15, 0.2) is 19.8 Å². The Morgan fingerprint density at radius 3 is 2.25 bits per heavy atom. The van der Waals surface area contributed by atoms with Gasteiger partial charge in [0.1, 0.15) is 5.60 Å². The fraction of sp³-hybridized carbons (Fsp3) is 0.708. The van der Waals surface area contributed by atoms with E-state index in [1.165, 1.54) is 0 Å². The zero-order valence-electron chi connectivity index (χ0n) is 21.3. The fourth-order valence-corrected chi connectivity index (χ4v) is 6.20. The Morgan fingerprint density at radius 2 is 1.72 bits per heavy atom. The number of rotatable bonds is 2. The zero-order valence-corrected chi connectivity index (χ0v) is 23.9. The third-order valence-corrected chi connectivity index (χ3v) is 11.9. The second-order valence-electron chi connectivity index (χ2n) is 11.9. The molecule has 0 saturated heterocycles. The number of hydrogen-bond acceptors (Lipinski definition) is 5. The van der Waals surface area contributed by atoms with Crippen LogP contribution < -0.4 is 14.4 Å². The van der Waals surface area contributed by atoms with E-state index in [2.05, 4.69) is 70.6 Å². The predicted molar refractivity (Wildman–Crippen MR) is 134 cm³/mol. The van der Waals surface area contributed by atoms with Gasteiger partial charge in [-0.2, -0.15) is 0 Å². The number of ether oxygens (including phenoxy) is 3. The second-order valence-corrected chi connectivity index (χ2v) is 17.5. The van der Waals surface area contributed by atoms with Crippen LogP contribution in [0.5, 0.6) is 11.5 Å². The highest BCUT2D eigenvalue weighted by atomic mass is 79.9. The first-order valence-corrected chi connectivity index (χ1v) is 14.9. The average molecular weight is 529 g/mol. The molecule has 8 heteroatoms. The molecule has 180 valence electrons. The molecule has 1 aromatic rings. The first-order chi connectivity index (χ1) is 14.4. The van der Waals surface area contributed by atoms with Gasteiger partial charge >= 0.3 is 6.09 Å². The van der Waals surface area contributed by atoms with Crippen LogP contribution in [0.4, 0.5) is 10.5 Å². The summed E-state index contributed by atoms with van der Waals surface area (Å²) in [4.78, 5) is 15.4.